The molecular formula is C18H17NO. The lowest BCUT2D eigenvalue weighted by Crippen LogP contribution is -2.09. The van der Waals surface area contributed by atoms with Crippen LogP contribution in [0.2, 0.25) is 0 Å². The van der Waals surface area contributed by atoms with Crippen LogP contribution in [-0.2, 0) is 6.54 Å². The average molecular weight is 263 g/mol. The van der Waals surface area contributed by atoms with Gasteiger partial charge in [0.1, 0.15) is 0 Å². The molecule has 0 spiro atoms. The molecule has 0 fully saturated rings. The highest BCUT2D eigenvalue weighted by molar-refractivity contribution is 5.97. The molecule has 0 aliphatic carbocycles. The summed E-state index contributed by atoms with van der Waals surface area (Å²) >= 11 is 0. The van der Waals surface area contributed by atoms with E-state index in [1.54, 1.807) is 0 Å². The van der Waals surface area contributed by atoms with Crippen LogP contribution in [0.3, 0.4) is 0 Å². The van der Waals surface area contributed by atoms with Crippen molar-refractivity contribution in [1.82, 2.24) is 4.57 Å². The molecule has 100 valence electrons. The maximum atomic E-state index is 12.3. The van der Waals surface area contributed by atoms with Gasteiger partial charge in [0.15, 0.2) is 5.78 Å². The van der Waals surface area contributed by atoms with Gasteiger partial charge in [0.25, 0.3) is 0 Å². The van der Waals surface area contributed by atoms with Gasteiger partial charge in [-0.05, 0) is 31.5 Å². The number of carbonyl (C=O) groups excluding carboxylic acids is 1. The number of carbonyl (C=O) groups is 1. The molecule has 0 aliphatic rings. The number of hydrogen-bond donors (Lipinski definition) is 0. The maximum Gasteiger partial charge on any atom is 0.182 e. The van der Waals surface area contributed by atoms with Gasteiger partial charge < -0.3 is 4.57 Å². The van der Waals surface area contributed by atoms with Gasteiger partial charge in [-0.2, -0.15) is 0 Å². The Morgan fingerprint density at radius 3 is 2.50 bits per heavy atom. The van der Waals surface area contributed by atoms with Gasteiger partial charge in [-0.3, -0.25) is 4.79 Å². The van der Waals surface area contributed by atoms with Gasteiger partial charge >= 0.3 is 0 Å². The zero-order valence-electron chi connectivity index (χ0n) is 11.8. The molecule has 1 aromatic heterocycles. The van der Waals surface area contributed by atoms with Crippen molar-refractivity contribution in [3.8, 4) is 0 Å². The van der Waals surface area contributed by atoms with Crippen LogP contribution >= 0.6 is 0 Å². The monoisotopic (exact) mass is 263 g/mol. The normalized spacial score (nSPS) is 10.9. The van der Waals surface area contributed by atoms with Crippen molar-refractivity contribution < 1.29 is 4.79 Å². The standard InChI is InChI=1S/C18H17NO/c1-13-6-8-15(9-7-13)18(20)12-19-11-10-16-14(2)4-3-5-17(16)19/h3-11H,12H2,1-2H3. The van der Waals surface area contributed by atoms with Gasteiger partial charge in [0, 0.05) is 22.7 Å². The smallest absolute Gasteiger partial charge is 0.182 e. The summed E-state index contributed by atoms with van der Waals surface area (Å²) in [5, 5.41) is 1.21. The van der Waals surface area contributed by atoms with Crippen molar-refractivity contribution in [3.63, 3.8) is 0 Å². The van der Waals surface area contributed by atoms with Gasteiger partial charge in [-0.25, -0.2) is 0 Å². The van der Waals surface area contributed by atoms with Crippen LogP contribution < -0.4 is 0 Å². The Labute approximate surface area is 118 Å². The summed E-state index contributed by atoms with van der Waals surface area (Å²) in [6, 6.07) is 16.0. The fourth-order valence-corrected chi connectivity index (χ4v) is 2.50. The number of aryl methyl sites for hydroxylation is 2. The first-order valence-corrected chi connectivity index (χ1v) is 6.79. The zero-order valence-corrected chi connectivity index (χ0v) is 11.8. The fraction of sp³-hybridized carbons (Fsp3) is 0.167. The lowest BCUT2D eigenvalue weighted by molar-refractivity contribution is 0.0973. The van der Waals surface area contributed by atoms with E-state index in [0.717, 1.165) is 11.1 Å². The highest BCUT2D eigenvalue weighted by Crippen LogP contribution is 2.20. The molecule has 0 saturated heterocycles. The molecule has 0 saturated carbocycles. The number of nitrogens with zero attached hydrogens (tertiary/aromatic N) is 1. The topological polar surface area (TPSA) is 22.0 Å². The van der Waals surface area contributed by atoms with Crippen LogP contribution in [0.15, 0.2) is 54.7 Å². The van der Waals surface area contributed by atoms with Crippen LogP contribution in [-0.4, -0.2) is 10.4 Å². The summed E-state index contributed by atoms with van der Waals surface area (Å²) in [5.41, 5.74) is 4.29. The molecule has 2 heteroatoms. The molecule has 3 rings (SSSR count). The molecule has 0 radical (unpaired) electrons. The van der Waals surface area contributed by atoms with E-state index in [2.05, 4.69) is 25.1 Å². The Bertz CT molecular complexity index is 766. The van der Waals surface area contributed by atoms with Crippen LogP contribution in [0.1, 0.15) is 21.5 Å². The van der Waals surface area contributed by atoms with E-state index in [9.17, 15) is 4.79 Å². The first-order chi connectivity index (χ1) is 9.65. The average Bonchev–Trinajstić information content (AvgIpc) is 2.84. The zero-order chi connectivity index (χ0) is 14.1. The molecule has 2 aromatic carbocycles. The Morgan fingerprint density at radius 2 is 1.75 bits per heavy atom. The van der Waals surface area contributed by atoms with E-state index in [1.165, 1.54) is 16.5 Å². The lowest BCUT2D eigenvalue weighted by atomic mass is 10.1. The summed E-state index contributed by atoms with van der Waals surface area (Å²) in [7, 11) is 0. The Hall–Kier alpha value is -2.35. The first-order valence-electron chi connectivity index (χ1n) is 6.79. The second kappa shape index (κ2) is 4.97. The number of benzene rings is 2. The van der Waals surface area contributed by atoms with E-state index in [1.807, 2.05) is 48.0 Å². The molecule has 0 unspecified atom stereocenters. The van der Waals surface area contributed by atoms with Crippen LogP contribution in [0.25, 0.3) is 10.9 Å². The van der Waals surface area contributed by atoms with Crippen LogP contribution in [0.4, 0.5) is 0 Å². The Morgan fingerprint density at radius 1 is 1.00 bits per heavy atom. The summed E-state index contributed by atoms with van der Waals surface area (Å²) in [6.45, 7) is 4.50. The predicted molar refractivity (Wildman–Crippen MR) is 82.2 cm³/mol. The molecule has 0 atom stereocenters. The number of ketones is 1. The highest BCUT2D eigenvalue weighted by Gasteiger charge is 2.09. The Balaban J connectivity index is 1.91. The van der Waals surface area contributed by atoms with Gasteiger partial charge in [0.05, 0.1) is 6.54 Å². The summed E-state index contributed by atoms with van der Waals surface area (Å²) in [4.78, 5) is 12.3. The summed E-state index contributed by atoms with van der Waals surface area (Å²) in [6.07, 6.45) is 1.99. The molecule has 2 nitrogen and oxygen atoms in total. The van der Waals surface area contributed by atoms with Crippen molar-refractivity contribution in [2.24, 2.45) is 0 Å². The minimum atomic E-state index is 0.143. The molecular weight excluding hydrogens is 246 g/mol. The van der Waals surface area contributed by atoms with Crippen molar-refractivity contribution >= 4 is 16.7 Å². The van der Waals surface area contributed by atoms with Crippen LogP contribution in [0.5, 0.6) is 0 Å². The lowest BCUT2D eigenvalue weighted by Gasteiger charge is -2.06. The number of Topliss-reactive ketones (excluding diaryl/α,β-unsaturated/α-hetero) is 1. The molecule has 1 heterocycles. The van der Waals surface area contributed by atoms with E-state index >= 15 is 0 Å². The third-order valence-electron chi connectivity index (χ3n) is 3.72. The SMILES string of the molecule is Cc1ccc(C(=O)Cn2ccc3c(C)cccc32)cc1. The second-order valence-corrected chi connectivity index (χ2v) is 5.24. The van der Waals surface area contributed by atoms with E-state index < -0.39 is 0 Å². The summed E-state index contributed by atoms with van der Waals surface area (Å²) in [5.74, 6) is 0.143. The molecule has 0 N–H and O–H groups in total. The van der Waals surface area contributed by atoms with Crippen molar-refractivity contribution in [2.75, 3.05) is 0 Å². The van der Waals surface area contributed by atoms with Gasteiger partial charge in [-0.15, -0.1) is 0 Å². The fourth-order valence-electron chi connectivity index (χ4n) is 2.50. The van der Waals surface area contributed by atoms with E-state index in [-0.39, 0.29) is 5.78 Å². The van der Waals surface area contributed by atoms with Crippen molar-refractivity contribution in [2.45, 2.75) is 20.4 Å². The maximum absolute atomic E-state index is 12.3. The van der Waals surface area contributed by atoms with Crippen molar-refractivity contribution in [1.29, 1.82) is 0 Å². The molecule has 0 aliphatic heterocycles. The molecule has 0 bridgehead atoms. The molecule has 0 amide bonds. The summed E-state index contributed by atoms with van der Waals surface area (Å²) < 4.78 is 2.02. The molecule has 20 heavy (non-hydrogen) atoms. The highest BCUT2D eigenvalue weighted by atomic mass is 16.1. The van der Waals surface area contributed by atoms with Crippen LogP contribution in [0, 0.1) is 13.8 Å². The van der Waals surface area contributed by atoms with Crippen molar-refractivity contribution in [3.05, 3.63) is 71.4 Å². The van der Waals surface area contributed by atoms with E-state index in [0.29, 0.717) is 6.54 Å². The Kier molecular flexibility index (Phi) is 3.15. The number of aromatic nitrogens is 1. The number of hydrogen-bond acceptors (Lipinski definition) is 1. The minimum absolute atomic E-state index is 0.143. The quantitative estimate of drug-likeness (QED) is 0.651. The number of fused-ring (bicyclic) bond motifs is 1. The first kappa shape index (κ1) is 12.7. The number of rotatable bonds is 3. The second-order valence-electron chi connectivity index (χ2n) is 5.24. The largest absolute Gasteiger partial charge is 0.340 e. The minimum Gasteiger partial charge on any atom is -0.340 e. The third-order valence-corrected chi connectivity index (χ3v) is 3.72. The third kappa shape index (κ3) is 2.25. The predicted octanol–water partition coefficient (Wildman–Crippen LogP) is 4.14. The van der Waals surface area contributed by atoms with Gasteiger partial charge in [0.2, 0.25) is 0 Å². The van der Waals surface area contributed by atoms with E-state index in [4.69, 9.17) is 0 Å². The molecule has 3 aromatic rings. The van der Waals surface area contributed by atoms with Gasteiger partial charge in [-0.1, -0.05) is 42.0 Å².